The van der Waals surface area contributed by atoms with Gasteiger partial charge in [0.05, 0.1) is 19.5 Å². The summed E-state index contributed by atoms with van der Waals surface area (Å²) < 4.78 is 1.02. The third-order valence-electron chi connectivity index (χ3n) is 4.00. The van der Waals surface area contributed by atoms with Crippen LogP contribution in [0.3, 0.4) is 0 Å². The molecule has 0 spiro atoms. The number of halogens is 1. The molecule has 1 saturated heterocycles. The highest BCUT2D eigenvalue weighted by Crippen LogP contribution is 2.13. The van der Waals surface area contributed by atoms with Crippen LogP contribution in [0.15, 0.2) is 28.7 Å². The first-order valence-corrected chi connectivity index (χ1v) is 8.19. The van der Waals surface area contributed by atoms with Gasteiger partial charge < -0.3 is 15.1 Å². The number of anilines is 1. The molecule has 0 atom stereocenters. The van der Waals surface area contributed by atoms with Crippen molar-refractivity contribution in [3.8, 4) is 0 Å². The fraction of sp³-hybridized carbons (Fsp3) is 0.533. The molecule has 1 aromatic rings. The number of amides is 1. The molecular formula is C15H24BrN3O+2. The van der Waals surface area contributed by atoms with Gasteiger partial charge in [0.15, 0.2) is 0 Å². The number of likely N-dealkylation sites (N-methyl/N-ethyl adjacent to an activating group) is 1. The van der Waals surface area contributed by atoms with Crippen LogP contribution in [0, 0.1) is 0 Å². The van der Waals surface area contributed by atoms with Gasteiger partial charge in [0.2, 0.25) is 5.91 Å². The van der Waals surface area contributed by atoms with Crippen LogP contribution in [0.2, 0.25) is 0 Å². The van der Waals surface area contributed by atoms with Crippen LogP contribution in [0.5, 0.6) is 0 Å². The summed E-state index contributed by atoms with van der Waals surface area (Å²) in [6.45, 7) is 9.26. The molecule has 1 heterocycles. The van der Waals surface area contributed by atoms with Crippen molar-refractivity contribution < 1.29 is 14.6 Å². The van der Waals surface area contributed by atoms with Crippen molar-refractivity contribution in [3.05, 3.63) is 28.7 Å². The van der Waals surface area contributed by atoms with Gasteiger partial charge in [-0.3, -0.25) is 4.79 Å². The Bertz CT molecular complexity index is 427. The quantitative estimate of drug-likeness (QED) is 0.668. The number of carbonyl (C=O) groups excluding carboxylic acids is 1. The second-order valence-electron chi connectivity index (χ2n) is 5.41. The maximum Gasteiger partial charge on any atom is 0.230 e. The molecule has 110 valence electrons. The maximum absolute atomic E-state index is 11.9. The fourth-order valence-electron chi connectivity index (χ4n) is 2.61. The average Bonchev–Trinajstić information content (AvgIpc) is 2.48. The van der Waals surface area contributed by atoms with Crippen molar-refractivity contribution >= 4 is 27.5 Å². The molecule has 2 rings (SSSR count). The molecule has 1 amide bonds. The predicted molar refractivity (Wildman–Crippen MR) is 84.2 cm³/mol. The minimum atomic E-state index is 0.116. The summed E-state index contributed by atoms with van der Waals surface area (Å²) >= 11 is 3.39. The maximum atomic E-state index is 11.9. The summed E-state index contributed by atoms with van der Waals surface area (Å²) in [5.41, 5.74) is 0.869. The van der Waals surface area contributed by atoms with Gasteiger partial charge in [-0.15, -0.1) is 0 Å². The molecule has 0 radical (unpaired) electrons. The summed E-state index contributed by atoms with van der Waals surface area (Å²) in [5, 5.41) is 2.95. The van der Waals surface area contributed by atoms with E-state index in [-0.39, 0.29) is 5.91 Å². The molecule has 1 aromatic carbocycles. The Morgan fingerprint density at radius 2 is 1.75 bits per heavy atom. The van der Waals surface area contributed by atoms with E-state index in [0.29, 0.717) is 6.42 Å². The van der Waals surface area contributed by atoms with Crippen LogP contribution >= 0.6 is 15.9 Å². The van der Waals surface area contributed by atoms with Crippen LogP contribution in [-0.4, -0.2) is 45.2 Å². The fourth-order valence-corrected chi connectivity index (χ4v) is 2.87. The minimum Gasteiger partial charge on any atom is -0.326 e. The first-order valence-electron chi connectivity index (χ1n) is 7.40. The molecule has 5 heteroatoms. The molecule has 0 aliphatic carbocycles. The lowest BCUT2D eigenvalue weighted by molar-refractivity contribution is -1.01. The number of hydrogen-bond acceptors (Lipinski definition) is 1. The molecule has 0 saturated carbocycles. The normalized spacial score (nSPS) is 22.5. The third-order valence-corrected chi connectivity index (χ3v) is 4.53. The van der Waals surface area contributed by atoms with E-state index in [4.69, 9.17) is 0 Å². The molecule has 3 N–H and O–H groups in total. The van der Waals surface area contributed by atoms with Gasteiger partial charge in [-0.1, -0.05) is 15.9 Å². The van der Waals surface area contributed by atoms with Crippen LogP contribution in [0.1, 0.15) is 13.3 Å². The summed E-state index contributed by atoms with van der Waals surface area (Å²) in [6, 6.07) is 7.71. The molecule has 0 aromatic heterocycles. The second kappa shape index (κ2) is 7.76. The van der Waals surface area contributed by atoms with Crippen molar-refractivity contribution in [1.29, 1.82) is 0 Å². The molecule has 1 fully saturated rings. The number of piperazine rings is 1. The van der Waals surface area contributed by atoms with Gasteiger partial charge in [0.25, 0.3) is 0 Å². The van der Waals surface area contributed by atoms with Crippen LogP contribution < -0.4 is 15.1 Å². The van der Waals surface area contributed by atoms with E-state index >= 15 is 0 Å². The zero-order valence-corrected chi connectivity index (χ0v) is 13.6. The lowest BCUT2D eigenvalue weighted by Crippen LogP contribution is -3.28. The summed E-state index contributed by atoms with van der Waals surface area (Å²) in [5.74, 6) is 0.116. The van der Waals surface area contributed by atoms with Gasteiger partial charge >= 0.3 is 0 Å². The Morgan fingerprint density at radius 3 is 2.35 bits per heavy atom. The van der Waals surface area contributed by atoms with Gasteiger partial charge in [0.1, 0.15) is 26.2 Å². The number of rotatable bonds is 5. The van der Waals surface area contributed by atoms with E-state index in [9.17, 15) is 4.79 Å². The van der Waals surface area contributed by atoms with Crippen molar-refractivity contribution in [2.24, 2.45) is 0 Å². The van der Waals surface area contributed by atoms with Crippen LogP contribution in [0.25, 0.3) is 0 Å². The van der Waals surface area contributed by atoms with Gasteiger partial charge in [-0.05, 0) is 31.2 Å². The predicted octanol–water partition coefficient (Wildman–Crippen LogP) is -0.419. The molecule has 4 nitrogen and oxygen atoms in total. The molecular weight excluding hydrogens is 318 g/mol. The Labute approximate surface area is 129 Å². The van der Waals surface area contributed by atoms with Crippen LogP contribution in [0.4, 0.5) is 5.69 Å². The van der Waals surface area contributed by atoms with E-state index in [2.05, 4.69) is 28.2 Å². The number of hydrogen-bond donors (Lipinski definition) is 3. The zero-order chi connectivity index (χ0) is 14.4. The number of quaternary nitrogens is 2. The SMILES string of the molecule is CC[NH+]1CC[NH+](CCC(=O)Nc2ccc(Br)cc2)CC1. The molecule has 1 aliphatic rings. The van der Waals surface area contributed by atoms with Gasteiger partial charge in [-0.2, -0.15) is 0 Å². The van der Waals surface area contributed by atoms with E-state index < -0.39 is 0 Å². The third kappa shape index (κ3) is 4.89. The highest BCUT2D eigenvalue weighted by atomic mass is 79.9. The molecule has 20 heavy (non-hydrogen) atoms. The first-order chi connectivity index (χ1) is 9.67. The second-order valence-corrected chi connectivity index (χ2v) is 6.32. The molecule has 0 unspecified atom stereocenters. The molecule has 1 aliphatic heterocycles. The highest BCUT2D eigenvalue weighted by Gasteiger charge is 2.21. The number of nitrogens with one attached hydrogen (secondary N) is 3. The minimum absolute atomic E-state index is 0.116. The summed E-state index contributed by atoms with van der Waals surface area (Å²) in [7, 11) is 0. The monoisotopic (exact) mass is 341 g/mol. The average molecular weight is 342 g/mol. The lowest BCUT2D eigenvalue weighted by atomic mass is 10.2. The van der Waals surface area contributed by atoms with Crippen LogP contribution in [-0.2, 0) is 4.79 Å². The van der Waals surface area contributed by atoms with E-state index in [1.54, 1.807) is 9.80 Å². The van der Waals surface area contributed by atoms with E-state index in [0.717, 1.165) is 16.7 Å². The smallest absolute Gasteiger partial charge is 0.230 e. The van der Waals surface area contributed by atoms with E-state index in [1.165, 1.54) is 32.7 Å². The Balaban J connectivity index is 1.69. The Morgan fingerprint density at radius 1 is 1.15 bits per heavy atom. The largest absolute Gasteiger partial charge is 0.326 e. The van der Waals surface area contributed by atoms with Crippen molar-refractivity contribution in [3.63, 3.8) is 0 Å². The van der Waals surface area contributed by atoms with Gasteiger partial charge in [-0.25, -0.2) is 0 Å². The summed E-state index contributed by atoms with van der Waals surface area (Å²) in [4.78, 5) is 15.2. The van der Waals surface area contributed by atoms with Gasteiger partial charge in [0, 0.05) is 10.2 Å². The standard InChI is InChI=1S/C15H22BrN3O/c1-2-18-9-11-19(12-10-18)8-7-15(20)17-14-5-3-13(16)4-6-14/h3-6H,2,7-12H2,1H3,(H,17,20)/p+2. The van der Waals surface area contributed by atoms with E-state index in [1.807, 2.05) is 24.3 Å². The summed E-state index contributed by atoms with van der Waals surface area (Å²) in [6.07, 6.45) is 0.604. The number of carbonyl (C=O) groups is 1. The Kier molecular flexibility index (Phi) is 6.01. The van der Waals surface area contributed by atoms with Crippen molar-refractivity contribution in [1.82, 2.24) is 0 Å². The topological polar surface area (TPSA) is 38.0 Å². The Hall–Kier alpha value is -0.910. The first kappa shape index (κ1) is 15.5. The number of benzene rings is 1. The highest BCUT2D eigenvalue weighted by molar-refractivity contribution is 9.10. The molecule has 0 bridgehead atoms. The lowest BCUT2D eigenvalue weighted by Gasteiger charge is -2.28. The zero-order valence-electron chi connectivity index (χ0n) is 12.0. The van der Waals surface area contributed by atoms with Crippen molar-refractivity contribution in [2.45, 2.75) is 13.3 Å². The van der Waals surface area contributed by atoms with Crippen molar-refractivity contribution in [2.75, 3.05) is 44.6 Å².